The van der Waals surface area contributed by atoms with Crippen LogP contribution in [-0.4, -0.2) is 12.3 Å². The van der Waals surface area contributed by atoms with Crippen LogP contribution in [0.25, 0.3) is 0 Å². The molecule has 1 heterocycles. The molecular weight excluding hydrogens is 126 g/mol. The Labute approximate surface area is 59.9 Å². The monoisotopic (exact) mass is 135 g/mol. The van der Waals surface area contributed by atoms with Crippen LogP contribution in [0.1, 0.15) is 13.3 Å². The molecular formula is C8H9NO. The van der Waals surface area contributed by atoms with Crippen LogP contribution < -0.4 is 0 Å². The molecule has 0 aromatic carbocycles. The zero-order valence-electron chi connectivity index (χ0n) is 5.87. The first kappa shape index (κ1) is 5.71. The van der Waals surface area contributed by atoms with E-state index in [0.717, 1.165) is 6.42 Å². The fraction of sp³-hybridized carbons (Fsp3) is 0.375. The second-order valence-corrected chi connectivity index (χ2v) is 2.66. The van der Waals surface area contributed by atoms with Crippen molar-refractivity contribution < 1.29 is 4.84 Å². The highest BCUT2D eigenvalue weighted by molar-refractivity contribution is 5.82. The van der Waals surface area contributed by atoms with Crippen LogP contribution in [0, 0.1) is 0 Å². The highest BCUT2D eigenvalue weighted by atomic mass is 16.6. The molecule has 2 nitrogen and oxygen atoms in total. The molecule has 2 aliphatic rings. The van der Waals surface area contributed by atoms with Crippen molar-refractivity contribution in [3.8, 4) is 0 Å². The van der Waals surface area contributed by atoms with E-state index in [1.807, 2.05) is 0 Å². The van der Waals surface area contributed by atoms with Gasteiger partial charge >= 0.3 is 0 Å². The Morgan fingerprint density at radius 1 is 1.70 bits per heavy atom. The Balaban J connectivity index is 2.31. The van der Waals surface area contributed by atoms with Gasteiger partial charge < -0.3 is 4.84 Å². The Morgan fingerprint density at radius 2 is 2.60 bits per heavy atom. The first-order valence-corrected chi connectivity index (χ1v) is 3.44. The maximum Gasteiger partial charge on any atom is 0.157 e. The molecule has 0 saturated heterocycles. The Bertz CT molecular complexity index is 238. The quantitative estimate of drug-likeness (QED) is 0.495. The van der Waals surface area contributed by atoms with Gasteiger partial charge in [-0.25, -0.2) is 0 Å². The number of rotatable bonds is 0. The molecule has 0 N–H and O–H groups in total. The fourth-order valence-corrected chi connectivity index (χ4v) is 1.23. The number of hydrogen-bond donors (Lipinski definition) is 0. The zero-order valence-corrected chi connectivity index (χ0v) is 5.87. The average molecular weight is 135 g/mol. The van der Waals surface area contributed by atoms with Crippen molar-refractivity contribution in [2.24, 2.45) is 5.16 Å². The molecule has 52 valence electrons. The van der Waals surface area contributed by atoms with E-state index in [0.29, 0.717) is 0 Å². The Hall–Kier alpha value is -1.05. The summed E-state index contributed by atoms with van der Waals surface area (Å²) in [6.45, 7) is 2.09. The summed E-state index contributed by atoms with van der Waals surface area (Å²) < 4.78 is 0. The molecule has 0 aromatic rings. The molecule has 0 bridgehead atoms. The summed E-state index contributed by atoms with van der Waals surface area (Å²) in [6.07, 6.45) is 7.26. The Morgan fingerprint density at radius 3 is 3.50 bits per heavy atom. The van der Waals surface area contributed by atoms with Crippen LogP contribution in [-0.2, 0) is 4.84 Å². The largest absolute Gasteiger partial charge is 0.387 e. The van der Waals surface area contributed by atoms with Crippen molar-refractivity contribution >= 4 is 6.21 Å². The van der Waals surface area contributed by atoms with Crippen LogP contribution in [0.4, 0.5) is 0 Å². The summed E-state index contributed by atoms with van der Waals surface area (Å²) in [4.78, 5) is 5.06. The van der Waals surface area contributed by atoms with E-state index in [4.69, 9.17) is 4.84 Å². The standard InChI is InChI=1S/C8H9NO/c1-6-2-3-8-7(4-6)5-9-10-8/h2,4-5,8H,3H2,1H3. The van der Waals surface area contributed by atoms with Crippen molar-refractivity contribution in [1.29, 1.82) is 0 Å². The lowest BCUT2D eigenvalue weighted by molar-refractivity contribution is 0.106. The summed E-state index contributed by atoms with van der Waals surface area (Å²) in [5.74, 6) is 0. The minimum atomic E-state index is 0.212. The molecule has 10 heavy (non-hydrogen) atoms. The molecule has 0 saturated carbocycles. The van der Waals surface area contributed by atoms with Crippen molar-refractivity contribution in [3.05, 3.63) is 23.3 Å². The third-order valence-electron chi connectivity index (χ3n) is 1.81. The first-order chi connectivity index (χ1) is 4.86. The zero-order chi connectivity index (χ0) is 6.97. The van der Waals surface area contributed by atoms with Gasteiger partial charge in [0, 0.05) is 12.0 Å². The van der Waals surface area contributed by atoms with Crippen molar-refractivity contribution in [1.82, 2.24) is 0 Å². The van der Waals surface area contributed by atoms with Gasteiger partial charge in [-0.15, -0.1) is 0 Å². The predicted molar refractivity (Wildman–Crippen MR) is 39.8 cm³/mol. The van der Waals surface area contributed by atoms with E-state index in [1.54, 1.807) is 6.21 Å². The lowest BCUT2D eigenvalue weighted by Gasteiger charge is -2.11. The normalized spacial score (nSPS) is 28.7. The van der Waals surface area contributed by atoms with Crippen molar-refractivity contribution in [3.63, 3.8) is 0 Å². The molecule has 2 heteroatoms. The highest BCUT2D eigenvalue weighted by Gasteiger charge is 2.20. The van der Waals surface area contributed by atoms with Crippen molar-refractivity contribution in [2.75, 3.05) is 0 Å². The van der Waals surface area contributed by atoms with Crippen molar-refractivity contribution in [2.45, 2.75) is 19.4 Å². The minimum absolute atomic E-state index is 0.212. The summed E-state index contributed by atoms with van der Waals surface area (Å²) in [7, 11) is 0. The van der Waals surface area contributed by atoms with Crippen LogP contribution in [0.15, 0.2) is 28.5 Å². The van der Waals surface area contributed by atoms with Gasteiger partial charge in [0.15, 0.2) is 6.10 Å². The molecule has 1 aliphatic carbocycles. The SMILES string of the molecule is CC1=CCC2ON=CC2=C1. The fourth-order valence-electron chi connectivity index (χ4n) is 1.23. The minimum Gasteiger partial charge on any atom is -0.387 e. The number of allylic oxidation sites excluding steroid dienone is 2. The first-order valence-electron chi connectivity index (χ1n) is 3.44. The van der Waals surface area contributed by atoms with E-state index in [-0.39, 0.29) is 6.10 Å². The molecule has 0 radical (unpaired) electrons. The second-order valence-electron chi connectivity index (χ2n) is 2.66. The Kier molecular flexibility index (Phi) is 1.13. The van der Waals surface area contributed by atoms with E-state index < -0.39 is 0 Å². The van der Waals surface area contributed by atoms with E-state index in [9.17, 15) is 0 Å². The number of hydrogen-bond acceptors (Lipinski definition) is 2. The van der Waals surface area contributed by atoms with Crippen LogP contribution >= 0.6 is 0 Å². The molecule has 1 aliphatic heterocycles. The van der Waals surface area contributed by atoms with Gasteiger partial charge in [-0.2, -0.15) is 0 Å². The van der Waals surface area contributed by atoms with Crippen LogP contribution in [0.5, 0.6) is 0 Å². The predicted octanol–water partition coefficient (Wildman–Crippen LogP) is 1.65. The molecule has 1 unspecified atom stereocenters. The molecule has 0 amide bonds. The molecule has 1 atom stereocenters. The number of fused-ring (bicyclic) bond motifs is 1. The van der Waals surface area contributed by atoms with E-state index >= 15 is 0 Å². The van der Waals surface area contributed by atoms with Gasteiger partial charge in [-0.1, -0.05) is 22.9 Å². The molecule has 0 aromatic heterocycles. The molecule has 0 spiro atoms. The summed E-state index contributed by atoms with van der Waals surface area (Å²) in [6, 6.07) is 0. The summed E-state index contributed by atoms with van der Waals surface area (Å²) in [5.41, 5.74) is 2.52. The van der Waals surface area contributed by atoms with Crippen LogP contribution in [0.2, 0.25) is 0 Å². The maximum absolute atomic E-state index is 5.06. The van der Waals surface area contributed by atoms with Gasteiger partial charge in [0.1, 0.15) is 0 Å². The van der Waals surface area contributed by atoms with Gasteiger partial charge in [-0.3, -0.25) is 0 Å². The topological polar surface area (TPSA) is 21.6 Å². The second kappa shape index (κ2) is 1.97. The van der Waals surface area contributed by atoms with Crippen LogP contribution in [0.3, 0.4) is 0 Å². The summed E-state index contributed by atoms with van der Waals surface area (Å²) in [5, 5.41) is 3.74. The third kappa shape index (κ3) is 0.764. The van der Waals surface area contributed by atoms with Gasteiger partial charge in [0.05, 0.1) is 6.21 Å². The average Bonchev–Trinajstić information content (AvgIpc) is 2.33. The summed E-state index contributed by atoms with van der Waals surface area (Å²) >= 11 is 0. The highest BCUT2D eigenvalue weighted by Crippen LogP contribution is 2.22. The maximum atomic E-state index is 5.06. The lowest BCUT2D eigenvalue weighted by atomic mass is 9.99. The molecule has 0 fully saturated rings. The lowest BCUT2D eigenvalue weighted by Crippen LogP contribution is -2.10. The molecule has 2 rings (SSSR count). The van der Waals surface area contributed by atoms with Gasteiger partial charge in [0.2, 0.25) is 0 Å². The van der Waals surface area contributed by atoms with E-state index in [1.165, 1.54) is 11.1 Å². The third-order valence-corrected chi connectivity index (χ3v) is 1.81. The number of oxime groups is 1. The smallest absolute Gasteiger partial charge is 0.157 e. The number of nitrogens with zero attached hydrogens (tertiary/aromatic N) is 1. The van der Waals surface area contributed by atoms with E-state index in [2.05, 4.69) is 24.2 Å². The van der Waals surface area contributed by atoms with Gasteiger partial charge in [-0.05, 0) is 6.92 Å². The van der Waals surface area contributed by atoms with Gasteiger partial charge in [0.25, 0.3) is 0 Å².